The first kappa shape index (κ1) is 14.5. The minimum atomic E-state index is 0.544. The Kier molecular flexibility index (Phi) is 9.53. The van der Waals surface area contributed by atoms with E-state index in [-0.39, 0.29) is 0 Å². The van der Waals surface area contributed by atoms with Crippen molar-refractivity contribution in [2.75, 3.05) is 25.2 Å². The first-order valence-electron chi connectivity index (χ1n) is 6.69. The zero-order valence-electron chi connectivity index (χ0n) is 10.3. The quantitative estimate of drug-likeness (QED) is 0.474. The number of rotatable bonds is 9. The van der Waals surface area contributed by atoms with Gasteiger partial charge in [0.05, 0.1) is 6.10 Å². The standard InChI is InChI=1S/C13H25BrO2/c14-9-4-5-10-15-11-6-12-16-13-7-2-1-3-8-13/h13H,1-12H2. The lowest BCUT2D eigenvalue weighted by Crippen LogP contribution is -2.17. The van der Waals surface area contributed by atoms with Gasteiger partial charge in [-0.2, -0.15) is 0 Å². The third-order valence-electron chi connectivity index (χ3n) is 3.01. The predicted octanol–water partition coefficient (Wildman–Crippen LogP) is 3.92. The van der Waals surface area contributed by atoms with Crippen LogP contribution in [0, 0.1) is 0 Å². The smallest absolute Gasteiger partial charge is 0.0575 e. The molecule has 0 saturated heterocycles. The molecule has 16 heavy (non-hydrogen) atoms. The molecule has 1 aliphatic carbocycles. The van der Waals surface area contributed by atoms with Gasteiger partial charge in [-0.05, 0) is 32.1 Å². The van der Waals surface area contributed by atoms with Gasteiger partial charge in [0.1, 0.15) is 0 Å². The Hall–Kier alpha value is 0.400. The second-order valence-electron chi connectivity index (χ2n) is 4.49. The number of unbranched alkanes of at least 4 members (excludes halogenated alkanes) is 1. The summed E-state index contributed by atoms with van der Waals surface area (Å²) in [5, 5.41) is 1.08. The monoisotopic (exact) mass is 292 g/mol. The van der Waals surface area contributed by atoms with E-state index >= 15 is 0 Å². The molecule has 0 radical (unpaired) electrons. The predicted molar refractivity (Wildman–Crippen MR) is 71.3 cm³/mol. The lowest BCUT2D eigenvalue weighted by atomic mass is 9.98. The summed E-state index contributed by atoms with van der Waals surface area (Å²) in [6, 6.07) is 0. The molecule has 1 aliphatic rings. The number of hydrogen-bond donors (Lipinski definition) is 0. The second kappa shape index (κ2) is 10.5. The average Bonchev–Trinajstić information content (AvgIpc) is 2.34. The number of hydrogen-bond acceptors (Lipinski definition) is 2. The van der Waals surface area contributed by atoms with Gasteiger partial charge in [0.25, 0.3) is 0 Å². The summed E-state index contributed by atoms with van der Waals surface area (Å²) >= 11 is 3.41. The fourth-order valence-corrected chi connectivity index (χ4v) is 2.44. The molecule has 0 N–H and O–H groups in total. The normalized spacial score (nSPS) is 17.8. The van der Waals surface area contributed by atoms with Crippen molar-refractivity contribution in [3.8, 4) is 0 Å². The van der Waals surface area contributed by atoms with Crippen LogP contribution in [0.4, 0.5) is 0 Å². The van der Waals surface area contributed by atoms with Gasteiger partial charge in [0.15, 0.2) is 0 Å². The first-order valence-corrected chi connectivity index (χ1v) is 7.81. The SMILES string of the molecule is BrCCCCOCCCOC1CCCCC1. The highest BCUT2D eigenvalue weighted by Gasteiger charge is 2.12. The molecule has 0 bridgehead atoms. The summed E-state index contributed by atoms with van der Waals surface area (Å²) in [6.45, 7) is 2.63. The van der Waals surface area contributed by atoms with E-state index < -0.39 is 0 Å². The number of alkyl halides is 1. The maximum atomic E-state index is 5.82. The largest absolute Gasteiger partial charge is 0.381 e. The summed E-state index contributed by atoms with van der Waals surface area (Å²) in [5.74, 6) is 0. The van der Waals surface area contributed by atoms with E-state index in [2.05, 4.69) is 15.9 Å². The molecular formula is C13H25BrO2. The summed E-state index contributed by atoms with van der Waals surface area (Å²) < 4.78 is 11.3. The molecule has 3 heteroatoms. The van der Waals surface area contributed by atoms with Crippen molar-refractivity contribution in [3.63, 3.8) is 0 Å². The summed E-state index contributed by atoms with van der Waals surface area (Å²) in [6.07, 6.45) is 10.6. The fraction of sp³-hybridized carbons (Fsp3) is 1.00. The number of ether oxygens (including phenoxy) is 2. The third-order valence-corrected chi connectivity index (χ3v) is 3.57. The molecule has 0 aliphatic heterocycles. The van der Waals surface area contributed by atoms with E-state index in [1.165, 1.54) is 38.5 Å². The fourth-order valence-electron chi connectivity index (χ4n) is 2.04. The minimum Gasteiger partial charge on any atom is -0.381 e. The van der Waals surface area contributed by atoms with Gasteiger partial charge in [0, 0.05) is 25.2 Å². The van der Waals surface area contributed by atoms with Crippen LogP contribution in [0.3, 0.4) is 0 Å². The molecule has 0 aromatic rings. The van der Waals surface area contributed by atoms with Gasteiger partial charge in [-0.25, -0.2) is 0 Å². The van der Waals surface area contributed by atoms with E-state index in [0.29, 0.717) is 6.10 Å². The molecule has 1 rings (SSSR count). The molecule has 0 spiro atoms. The van der Waals surface area contributed by atoms with Crippen molar-refractivity contribution in [1.82, 2.24) is 0 Å². The molecule has 1 fully saturated rings. The Bertz CT molecular complexity index is 147. The van der Waals surface area contributed by atoms with E-state index in [1.807, 2.05) is 0 Å². The van der Waals surface area contributed by atoms with Gasteiger partial charge in [-0.1, -0.05) is 35.2 Å². The zero-order chi connectivity index (χ0) is 11.5. The molecule has 0 amide bonds. The van der Waals surface area contributed by atoms with Gasteiger partial charge >= 0.3 is 0 Å². The van der Waals surface area contributed by atoms with Gasteiger partial charge in [-0.3, -0.25) is 0 Å². The van der Waals surface area contributed by atoms with Crippen molar-refractivity contribution < 1.29 is 9.47 Å². The molecular weight excluding hydrogens is 268 g/mol. The molecule has 2 nitrogen and oxygen atoms in total. The van der Waals surface area contributed by atoms with E-state index in [4.69, 9.17) is 9.47 Å². The van der Waals surface area contributed by atoms with E-state index in [0.717, 1.165) is 38.0 Å². The average molecular weight is 293 g/mol. The van der Waals surface area contributed by atoms with Crippen LogP contribution in [-0.4, -0.2) is 31.3 Å². The molecule has 1 saturated carbocycles. The van der Waals surface area contributed by atoms with Crippen molar-refractivity contribution in [3.05, 3.63) is 0 Å². The Balaban J connectivity index is 1.77. The molecule has 0 unspecified atom stereocenters. The lowest BCUT2D eigenvalue weighted by Gasteiger charge is -2.21. The van der Waals surface area contributed by atoms with Gasteiger partial charge < -0.3 is 9.47 Å². The Morgan fingerprint density at radius 3 is 2.38 bits per heavy atom. The summed E-state index contributed by atoms with van der Waals surface area (Å²) in [5.41, 5.74) is 0. The van der Waals surface area contributed by atoms with E-state index in [1.54, 1.807) is 0 Å². The van der Waals surface area contributed by atoms with Crippen LogP contribution in [-0.2, 0) is 9.47 Å². The van der Waals surface area contributed by atoms with Crippen LogP contribution in [0.15, 0.2) is 0 Å². The maximum Gasteiger partial charge on any atom is 0.0575 e. The van der Waals surface area contributed by atoms with Crippen LogP contribution in [0.2, 0.25) is 0 Å². The topological polar surface area (TPSA) is 18.5 Å². The van der Waals surface area contributed by atoms with Crippen LogP contribution in [0.5, 0.6) is 0 Å². The minimum absolute atomic E-state index is 0.544. The van der Waals surface area contributed by atoms with Crippen molar-refractivity contribution >= 4 is 15.9 Å². The van der Waals surface area contributed by atoms with E-state index in [9.17, 15) is 0 Å². The van der Waals surface area contributed by atoms with Crippen LogP contribution in [0.25, 0.3) is 0 Å². The van der Waals surface area contributed by atoms with Crippen LogP contribution in [0.1, 0.15) is 51.4 Å². The molecule has 0 aromatic heterocycles. The highest BCUT2D eigenvalue weighted by molar-refractivity contribution is 9.09. The van der Waals surface area contributed by atoms with Gasteiger partial charge in [0.2, 0.25) is 0 Å². The number of halogens is 1. The van der Waals surface area contributed by atoms with Crippen LogP contribution < -0.4 is 0 Å². The third kappa shape index (κ3) is 7.64. The summed E-state index contributed by atoms with van der Waals surface area (Å²) in [4.78, 5) is 0. The highest BCUT2D eigenvalue weighted by atomic mass is 79.9. The Labute approximate surface area is 108 Å². The van der Waals surface area contributed by atoms with Crippen molar-refractivity contribution in [2.24, 2.45) is 0 Å². The Morgan fingerprint density at radius 1 is 0.875 bits per heavy atom. The molecule has 0 atom stereocenters. The van der Waals surface area contributed by atoms with Crippen molar-refractivity contribution in [1.29, 1.82) is 0 Å². The highest BCUT2D eigenvalue weighted by Crippen LogP contribution is 2.20. The van der Waals surface area contributed by atoms with Crippen molar-refractivity contribution in [2.45, 2.75) is 57.5 Å². The zero-order valence-corrected chi connectivity index (χ0v) is 11.8. The molecule has 0 heterocycles. The Morgan fingerprint density at radius 2 is 1.62 bits per heavy atom. The first-order chi connectivity index (χ1) is 7.93. The molecule has 96 valence electrons. The van der Waals surface area contributed by atoms with Crippen LogP contribution >= 0.6 is 15.9 Å². The summed E-state index contributed by atoms with van der Waals surface area (Å²) in [7, 11) is 0. The molecule has 0 aromatic carbocycles. The second-order valence-corrected chi connectivity index (χ2v) is 5.29. The maximum absolute atomic E-state index is 5.82. The lowest BCUT2D eigenvalue weighted by molar-refractivity contribution is 0.0138. The van der Waals surface area contributed by atoms with Gasteiger partial charge in [-0.15, -0.1) is 0 Å².